The number of benzene rings is 1. The maximum Gasteiger partial charge on any atom is 0.160 e. The Morgan fingerprint density at radius 2 is 2.36 bits per heavy atom. The molecule has 74 valence electrons. The van der Waals surface area contributed by atoms with E-state index in [0.29, 0.717) is 12.3 Å². The first-order valence-electron chi connectivity index (χ1n) is 4.10. The van der Waals surface area contributed by atoms with E-state index in [1.54, 1.807) is 7.05 Å². The summed E-state index contributed by atoms with van der Waals surface area (Å²) in [5.74, 6) is 0.664. The lowest BCUT2D eigenvalue weighted by Crippen LogP contribution is -2.11. The molecule has 0 saturated carbocycles. The van der Waals surface area contributed by atoms with Gasteiger partial charge in [-0.05, 0) is 18.2 Å². The standard InChI is InChI=1S/C9H9BrN2O2/c1-12(13)5-9-7-3-2-6(10)4-8(7)11-14-9/h2-4,13H,5H2,1H3. The van der Waals surface area contributed by atoms with Crippen LogP contribution < -0.4 is 0 Å². The highest BCUT2D eigenvalue weighted by Gasteiger charge is 2.09. The first-order chi connectivity index (χ1) is 6.66. The van der Waals surface area contributed by atoms with Gasteiger partial charge in [0, 0.05) is 16.9 Å². The molecule has 0 radical (unpaired) electrons. The molecule has 4 nitrogen and oxygen atoms in total. The number of rotatable bonds is 2. The lowest BCUT2D eigenvalue weighted by atomic mass is 10.2. The van der Waals surface area contributed by atoms with Crippen LogP contribution in [0.2, 0.25) is 0 Å². The number of nitrogens with zero attached hydrogens (tertiary/aromatic N) is 2. The third kappa shape index (κ3) is 1.79. The van der Waals surface area contributed by atoms with Crippen LogP contribution in [-0.2, 0) is 6.54 Å². The fraction of sp³-hybridized carbons (Fsp3) is 0.222. The van der Waals surface area contributed by atoms with Gasteiger partial charge in [0.25, 0.3) is 0 Å². The van der Waals surface area contributed by atoms with E-state index in [9.17, 15) is 0 Å². The van der Waals surface area contributed by atoms with E-state index in [1.807, 2.05) is 18.2 Å². The van der Waals surface area contributed by atoms with E-state index in [-0.39, 0.29) is 0 Å². The summed E-state index contributed by atoms with van der Waals surface area (Å²) in [6, 6.07) is 5.70. The predicted octanol–water partition coefficient (Wildman–Crippen LogP) is 2.41. The van der Waals surface area contributed by atoms with Gasteiger partial charge in [-0.25, -0.2) is 0 Å². The van der Waals surface area contributed by atoms with Crippen molar-refractivity contribution in [3.8, 4) is 0 Å². The minimum absolute atomic E-state index is 0.331. The van der Waals surface area contributed by atoms with Gasteiger partial charge in [0.2, 0.25) is 0 Å². The third-order valence-corrected chi connectivity index (χ3v) is 2.38. The zero-order valence-corrected chi connectivity index (χ0v) is 9.15. The van der Waals surface area contributed by atoms with Gasteiger partial charge in [-0.15, -0.1) is 0 Å². The molecule has 2 aromatic rings. The van der Waals surface area contributed by atoms with Crippen LogP contribution in [0.4, 0.5) is 0 Å². The Morgan fingerprint density at radius 3 is 3.07 bits per heavy atom. The molecule has 0 fully saturated rings. The second kappa shape index (κ2) is 3.68. The smallest absolute Gasteiger partial charge is 0.160 e. The van der Waals surface area contributed by atoms with Gasteiger partial charge in [0.15, 0.2) is 5.76 Å². The number of hydroxylamine groups is 2. The van der Waals surface area contributed by atoms with Crippen molar-refractivity contribution in [2.75, 3.05) is 7.05 Å². The van der Waals surface area contributed by atoms with Crippen LogP contribution in [0.15, 0.2) is 27.2 Å². The van der Waals surface area contributed by atoms with Crippen LogP contribution >= 0.6 is 15.9 Å². The van der Waals surface area contributed by atoms with Gasteiger partial charge in [0.1, 0.15) is 5.52 Å². The molecule has 0 aliphatic carbocycles. The molecule has 0 atom stereocenters. The number of fused-ring (bicyclic) bond motifs is 1. The predicted molar refractivity (Wildman–Crippen MR) is 55.0 cm³/mol. The molecule has 1 heterocycles. The van der Waals surface area contributed by atoms with E-state index in [0.717, 1.165) is 20.4 Å². The molecule has 1 N–H and O–H groups in total. The van der Waals surface area contributed by atoms with E-state index in [2.05, 4.69) is 21.1 Å². The highest BCUT2D eigenvalue weighted by atomic mass is 79.9. The fourth-order valence-electron chi connectivity index (χ4n) is 1.29. The Labute approximate surface area is 89.2 Å². The van der Waals surface area contributed by atoms with Crippen LogP contribution in [0.3, 0.4) is 0 Å². The topological polar surface area (TPSA) is 49.5 Å². The SMILES string of the molecule is CN(O)Cc1onc2cc(Br)ccc12. The molecule has 14 heavy (non-hydrogen) atoms. The Hall–Kier alpha value is -0.910. The van der Waals surface area contributed by atoms with Gasteiger partial charge in [-0.3, -0.25) is 0 Å². The molecule has 1 aromatic carbocycles. The minimum atomic E-state index is 0.331. The van der Waals surface area contributed by atoms with Gasteiger partial charge < -0.3 is 9.73 Å². The number of hydrogen-bond acceptors (Lipinski definition) is 4. The Kier molecular flexibility index (Phi) is 2.54. The van der Waals surface area contributed by atoms with E-state index < -0.39 is 0 Å². The third-order valence-electron chi connectivity index (χ3n) is 1.89. The average Bonchev–Trinajstić information content (AvgIpc) is 2.47. The molecule has 5 heteroatoms. The fourth-order valence-corrected chi connectivity index (χ4v) is 1.64. The van der Waals surface area contributed by atoms with Crippen molar-refractivity contribution < 1.29 is 9.73 Å². The van der Waals surface area contributed by atoms with Crippen LogP contribution in [0, 0.1) is 0 Å². The van der Waals surface area contributed by atoms with Gasteiger partial charge in [0.05, 0.1) is 6.54 Å². The van der Waals surface area contributed by atoms with Crippen molar-refractivity contribution in [3.05, 3.63) is 28.4 Å². The molecule has 1 aromatic heterocycles. The van der Waals surface area contributed by atoms with Crippen LogP contribution in [0.5, 0.6) is 0 Å². The Balaban J connectivity index is 2.47. The second-order valence-corrected chi connectivity index (χ2v) is 4.00. The van der Waals surface area contributed by atoms with E-state index in [4.69, 9.17) is 9.73 Å². The summed E-state index contributed by atoms with van der Waals surface area (Å²) in [5.41, 5.74) is 0.788. The molecule has 0 saturated heterocycles. The van der Waals surface area contributed by atoms with E-state index >= 15 is 0 Å². The van der Waals surface area contributed by atoms with Gasteiger partial charge in [-0.1, -0.05) is 21.1 Å². The summed E-state index contributed by atoms with van der Waals surface area (Å²) in [5, 5.41) is 14.9. The van der Waals surface area contributed by atoms with Crippen molar-refractivity contribution in [2.45, 2.75) is 6.54 Å². The number of aromatic nitrogens is 1. The average molecular weight is 257 g/mol. The molecule has 0 aliphatic rings. The summed E-state index contributed by atoms with van der Waals surface area (Å²) in [7, 11) is 1.56. The molecule has 0 aliphatic heterocycles. The molecule has 2 rings (SSSR count). The van der Waals surface area contributed by atoms with Crippen molar-refractivity contribution in [1.82, 2.24) is 10.2 Å². The van der Waals surface area contributed by atoms with Crippen molar-refractivity contribution in [1.29, 1.82) is 0 Å². The molecule has 0 bridgehead atoms. The molecule has 0 amide bonds. The van der Waals surface area contributed by atoms with Crippen molar-refractivity contribution in [2.24, 2.45) is 0 Å². The highest BCUT2D eigenvalue weighted by Crippen LogP contribution is 2.22. The lowest BCUT2D eigenvalue weighted by Gasteiger charge is -2.03. The summed E-state index contributed by atoms with van der Waals surface area (Å²) >= 11 is 3.35. The van der Waals surface area contributed by atoms with Gasteiger partial charge >= 0.3 is 0 Å². The van der Waals surface area contributed by atoms with Crippen molar-refractivity contribution >= 4 is 26.8 Å². The van der Waals surface area contributed by atoms with Crippen LogP contribution in [-0.4, -0.2) is 22.5 Å². The first-order valence-corrected chi connectivity index (χ1v) is 4.90. The summed E-state index contributed by atoms with van der Waals surface area (Å²) in [6.45, 7) is 0.331. The van der Waals surface area contributed by atoms with Crippen LogP contribution in [0.25, 0.3) is 10.9 Å². The summed E-state index contributed by atoms with van der Waals surface area (Å²) in [4.78, 5) is 0. The minimum Gasteiger partial charge on any atom is -0.359 e. The zero-order valence-electron chi connectivity index (χ0n) is 7.57. The van der Waals surface area contributed by atoms with Crippen LogP contribution in [0.1, 0.15) is 5.76 Å². The van der Waals surface area contributed by atoms with E-state index in [1.165, 1.54) is 0 Å². The lowest BCUT2D eigenvalue weighted by molar-refractivity contribution is -0.0779. The normalized spacial score (nSPS) is 11.4. The Bertz CT molecular complexity index is 453. The highest BCUT2D eigenvalue weighted by molar-refractivity contribution is 9.10. The monoisotopic (exact) mass is 256 g/mol. The number of hydrogen-bond donors (Lipinski definition) is 1. The van der Waals surface area contributed by atoms with Crippen molar-refractivity contribution in [3.63, 3.8) is 0 Å². The Morgan fingerprint density at radius 1 is 1.57 bits per heavy atom. The quantitative estimate of drug-likeness (QED) is 0.839. The zero-order chi connectivity index (χ0) is 10.1. The summed E-state index contributed by atoms with van der Waals surface area (Å²) < 4.78 is 6.07. The largest absolute Gasteiger partial charge is 0.359 e. The molecular formula is C9H9BrN2O2. The molecule has 0 spiro atoms. The molecule has 0 unspecified atom stereocenters. The first kappa shape index (κ1) is 9.64. The maximum atomic E-state index is 9.07. The molecular weight excluding hydrogens is 248 g/mol. The maximum absolute atomic E-state index is 9.07. The summed E-state index contributed by atoms with van der Waals surface area (Å²) in [6.07, 6.45) is 0. The number of halogens is 1. The van der Waals surface area contributed by atoms with Gasteiger partial charge in [-0.2, -0.15) is 5.06 Å². The second-order valence-electron chi connectivity index (χ2n) is 3.08.